The molecule has 0 saturated heterocycles. The lowest BCUT2D eigenvalue weighted by Crippen LogP contribution is -2.08. The number of anilines is 1. The van der Waals surface area contributed by atoms with Crippen LogP contribution in [0.2, 0.25) is 0 Å². The van der Waals surface area contributed by atoms with Crippen LogP contribution in [0.25, 0.3) is 0 Å². The van der Waals surface area contributed by atoms with E-state index in [9.17, 15) is 0 Å². The zero-order valence-electron chi connectivity index (χ0n) is 11.6. The molecule has 0 aliphatic heterocycles. The van der Waals surface area contributed by atoms with Gasteiger partial charge in [-0.1, -0.05) is 42.0 Å². The summed E-state index contributed by atoms with van der Waals surface area (Å²) in [5.41, 5.74) is 7.10. The highest BCUT2D eigenvalue weighted by Gasteiger charge is 2.12. The van der Waals surface area contributed by atoms with E-state index in [1.165, 1.54) is 42.5 Å². The van der Waals surface area contributed by atoms with Gasteiger partial charge in [0.15, 0.2) is 0 Å². The predicted molar refractivity (Wildman–Crippen MR) is 81.6 cm³/mol. The van der Waals surface area contributed by atoms with Gasteiger partial charge < -0.3 is 5.32 Å². The summed E-state index contributed by atoms with van der Waals surface area (Å²) in [6, 6.07) is 15.4. The minimum Gasteiger partial charge on any atom is -0.381 e. The van der Waals surface area contributed by atoms with Crippen LogP contribution >= 0.6 is 0 Å². The van der Waals surface area contributed by atoms with E-state index < -0.39 is 0 Å². The molecular weight excluding hydrogens is 230 g/mol. The molecule has 0 heterocycles. The van der Waals surface area contributed by atoms with Gasteiger partial charge in [0, 0.05) is 12.2 Å². The van der Waals surface area contributed by atoms with Gasteiger partial charge in [-0.2, -0.15) is 0 Å². The molecule has 98 valence electrons. The normalized spacial score (nSPS) is 13.9. The smallest absolute Gasteiger partial charge is 0.0400 e. The first-order valence-corrected chi connectivity index (χ1v) is 7.23. The monoisotopic (exact) mass is 251 g/mol. The van der Waals surface area contributed by atoms with Gasteiger partial charge in [0.05, 0.1) is 0 Å². The maximum atomic E-state index is 3.62. The van der Waals surface area contributed by atoms with Gasteiger partial charge in [-0.25, -0.2) is 0 Å². The summed E-state index contributed by atoms with van der Waals surface area (Å²) in [5, 5.41) is 3.62. The maximum Gasteiger partial charge on any atom is 0.0400 e. The van der Waals surface area contributed by atoms with Crippen LogP contribution in [-0.4, -0.2) is 0 Å². The Bertz CT molecular complexity index is 572. The second-order valence-electron chi connectivity index (χ2n) is 5.49. The number of benzene rings is 2. The quantitative estimate of drug-likeness (QED) is 0.847. The number of aryl methyl sites for hydroxylation is 2. The molecule has 0 radical (unpaired) electrons. The molecule has 1 N–H and O–H groups in total. The molecular formula is C18H21N. The van der Waals surface area contributed by atoms with Crippen molar-refractivity contribution in [3.05, 3.63) is 64.7 Å². The summed E-state index contributed by atoms with van der Waals surface area (Å²) >= 11 is 0. The summed E-state index contributed by atoms with van der Waals surface area (Å²) in [6.07, 6.45) is 5.14. The molecule has 19 heavy (non-hydrogen) atoms. The Kier molecular flexibility index (Phi) is 3.54. The first-order chi connectivity index (χ1) is 9.33. The Labute approximate surface area is 115 Å². The van der Waals surface area contributed by atoms with Gasteiger partial charge in [0.25, 0.3) is 0 Å². The van der Waals surface area contributed by atoms with Crippen LogP contribution in [0.15, 0.2) is 42.5 Å². The van der Waals surface area contributed by atoms with Crippen molar-refractivity contribution >= 4 is 5.69 Å². The predicted octanol–water partition coefficient (Wildman–Crippen LogP) is 4.49. The second kappa shape index (κ2) is 5.48. The van der Waals surface area contributed by atoms with Crippen molar-refractivity contribution in [1.82, 2.24) is 0 Å². The van der Waals surface area contributed by atoms with E-state index in [2.05, 4.69) is 54.7 Å². The van der Waals surface area contributed by atoms with E-state index in [4.69, 9.17) is 0 Å². The third-order valence-electron chi connectivity index (χ3n) is 3.96. The van der Waals surface area contributed by atoms with Crippen LogP contribution in [0.3, 0.4) is 0 Å². The third-order valence-corrected chi connectivity index (χ3v) is 3.96. The molecule has 0 amide bonds. The topological polar surface area (TPSA) is 12.0 Å². The standard InChI is InChI=1S/C18H21N/c1-14-6-4-7-15(12-14)13-19-18-11-5-9-16-8-2-3-10-17(16)18/h4-7,9,11-12,19H,2-3,8,10,13H2,1H3. The molecule has 3 rings (SSSR count). The molecule has 0 fully saturated rings. The van der Waals surface area contributed by atoms with E-state index in [1.807, 2.05) is 0 Å². The maximum absolute atomic E-state index is 3.62. The molecule has 1 aliphatic carbocycles. The highest BCUT2D eigenvalue weighted by atomic mass is 14.9. The fraction of sp³-hybridized carbons (Fsp3) is 0.333. The summed E-state index contributed by atoms with van der Waals surface area (Å²) < 4.78 is 0. The van der Waals surface area contributed by atoms with Crippen LogP contribution in [-0.2, 0) is 19.4 Å². The fourth-order valence-corrected chi connectivity index (χ4v) is 2.97. The zero-order chi connectivity index (χ0) is 13.1. The highest BCUT2D eigenvalue weighted by molar-refractivity contribution is 5.55. The molecule has 0 atom stereocenters. The van der Waals surface area contributed by atoms with E-state index >= 15 is 0 Å². The minimum absolute atomic E-state index is 0.915. The largest absolute Gasteiger partial charge is 0.381 e. The van der Waals surface area contributed by atoms with Crippen LogP contribution in [0, 0.1) is 6.92 Å². The third kappa shape index (κ3) is 2.81. The Morgan fingerprint density at radius 3 is 2.74 bits per heavy atom. The van der Waals surface area contributed by atoms with Gasteiger partial charge in [0.1, 0.15) is 0 Å². The van der Waals surface area contributed by atoms with Crippen LogP contribution in [0.5, 0.6) is 0 Å². The molecule has 0 unspecified atom stereocenters. The number of rotatable bonds is 3. The van der Waals surface area contributed by atoms with Crippen molar-refractivity contribution in [1.29, 1.82) is 0 Å². The van der Waals surface area contributed by atoms with E-state index in [-0.39, 0.29) is 0 Å². The van der Waals surface area contributed by atoms with Gasteiger partial charge >= 0.3 is 0 Å². The number of hydrogen-bond acceptors (Lipinski definition) is 1. The Morgan fingerprint density at radius 1 is 1.00 bits per heavy atom. The van der Waals surface area contributed by atoms with Crippen LogP contribution in [0.1, 0.15) is 35.1 Å². The Hall–Kier alpha value is -1.76. The average molecular weight is 251 g/mol. The molecule has 0 aromatic heterocycles. The van der Waals surface area contributed by atoms with Crippen molar-refractivity contribution in [3.63, 3.8) is 0 Å². The molecule has 1 aliphatic rings. The number of nitrogens with one attached hydrogen (secondary N) is 1. The van der Waals surface area contributed by atoms with Crippen LogP contribution < -0.4 is 5.32 Å². The summed E-state index contributed by atoms with van der Waals surface area (Å²) in [5.74, 6) is 0. The molecule has 2 aromatic rings. The van der Waals surface area contributed by atoms with Crippen molar-refractivity contribution in [2.75, 3.05) is 5.32 Å². The van der Waals surface area contributed by atoms with Crippen molar-refractivity contribution in [3.8, 4) is 0 Å². The number of fused-ring (bicyclic) bond motifs is 1. The first kappa shape index (κ1) is 12.3. The SMILES string of the molecule is Cc1cccc(CNc2cccc3c2CCCC3)c1. The molecule has 1 nitrogen and oxygen atoms in total. The molecule has 0 spiro atoms. The zero-order valence-corrected chi connectivity index (χ0v) is 11.6. The Morgan fingerprint density at radius 2 is 1.84 bits per heavy atom. The van der Waals surface area contributed by atoms with Crippen molar-refractivity contribution < 1.29 is 0 Å². The molecule has 1 heteroatoms. The minimum atomic E-state index is 0.915. The van der Waals surface area contributed by atoms with Crippen LogP contribution in [0.4, 0.5) is 5.69 Å². The van der Waals surface area contributed by atoms with Gasteiger partial charge in [0.2, 0.25) is 0 Å². The number of hydrogen-bond donors (Lipinski definition) is 1. The van der Waals surface area contributed by atoms with Gasteiger partial charge in [-0.05, 0) is 55.4 Å². The van der Waals surface area contributed by atoms with Gasteiger partial charge in [-0.3, -0.25) is 0 Å². The average Bonchev–Trinajstić information content (AvgIpc) is 2.45. The first-order valence-electron chi connectivity index (χ1n) is 7.23. The van der Waals surface area contributed by atoms with E-state index in [0.717, 1.165) is 6.54 Å². The highest BCUT2D eigenvalue weighted by Crippen LogP contribution is 2.28. The second-order valence-corrected chi connectivity index (χ2v) is 5.49. The van der Waals surface area contributed by atoms with Crippen molar-refractivity contribution in [2.24, 2.45) is 0 Å². The van der Waals surface area contributed by atoms with Gasteiger partial charge in [-0.15, -0.1) is 0 Å². The molecule has 0 saturated carbocycles. The van der Waals surface area contributed by atoms with E-state index in [0.29, 0.717) is 0 Å². The summed E-state index contributed by atoms with van der Waals surface area (Å²) in [7, 11) is 0. The van der Waals surface area contributed by atoms with Crippen molar-refractivity contribution in [2.45, 2.75) is 39.2 Å². The fourth-order valence-electron chi connectivity index (χ4n) is 2.97. The lowest BCUT2D eigenvalue weighted by Gasteiger charge is -2.20. The lowest BCUT2D eigenvalue weighted by molar-refractivity contribution is 0.686. The Balaban J connectivity index is 1.77. The summed E-state index contributed by atoms with van der Waals surface area (Å²) in [6.45, 7) is 3.06. The molecule has 0 bridgehead atoms. The lowest BCUT2D eigenvalue weighted by atomic mass is 9.90. The molecule has 2 aromatic carbocycles. The van der Waals surface area contributed by atoms with E-state index in [1.54, 1.807) is 11.1 Å². The summed E-state index contributed by atoms with van der Waals surface area (Å²) in [4.78, 5) is 0.